The number of benzene rings is 3. The van der Waals surface area contributed by atoms with Gasteiger partial charge in [-0.3, -0.25) is 9.10 Å². The summed E-state index contributed by atoms with van der Waals surface area (Å²) in [7, 11) is -2.35. The molecule has 0 atom stereocenters. The van der Waals surface area contributed by atoms with Crippen molar-refractivity contribution < 1.29 is 22.7 Å². The van der Waals surface area contributed by atoms with Gasteiger partial charge in [-0.1, -0.05) is 41.9 Å². The Hall–Kier alpha value is -3.36. The SMILES string of the molecule is COC(=O)c1ccccc1NC(=O)c1ccc(N(Cc2ccccc2Cl)S(C)(=O)=O)cc1. The molecule has 0 saturated heterocycles. The zero-order valence-corrected chi connectivity index (χ0v) is 19.0. The maximum Gasteiger partial charge on any atom is 0.339 e. The van der Waals surface area contributed by atoms with Crippen LogP contribution in [0.1, 0.15) is 26.3 Å². The number of amides is 1. The molecule has 0 fully saturated rings. The normalized spacial score (nSPS) is 11.0. The molecule has 166 valence electrons. The van der Waals surface area contributed by atoms with Crippen LogP contribution in [0.2, 0.25) is 5.02 Å². The average Bonchev–Trinajstić information content (AvgIpc) is 2.77. The van der Waals surface area contributed by atoms with E-state index in [0.29, 0.717) is 27.5 Å². The van der Waals surface area contributed by atoms with Gasteiger partial charge in [0.2, 0.25) is 10.0 Å². The van der Waals surface area contributed by atoms with E-state index in [1.54, 1.807) is 60.7 Å². The predicted octanol–water partition coefficient (Wildman–Crippen LogP) is 4.35. The number of ether oxygens (including phenoxy) is 1. The van der Waals surface area contributed by atoms with Crippen LogP contribution in [-0.4, -0.2) is 33.7 Å². The molecule has 9 heteroatoms. The fourth-order valence-electron chi connectivity index (χ4n) is 3.03. The number of hydrogen-bond acceptors (Lipinski definition) is 5. The van der Waals surface area contributed by atoms with E-state index >= 15 is 0 Å². The molecule has 0 unspecified atom stereocenters. The Morgan fingerprint density at radius 1 is 0.969 bits per heavy atom. The monoisotopic (exact) mass is 472 g/mol. The topological polar surface area (TPSA) is 92.8 Å². The molecule has 7 nitrogen and oxygen atoms in total. The van der Waals surface area contributed by atoms with Crippen molar-refractivity contribution in [1.82, 2.24) is 0 Å². The first-order valence-corrected chi connectivity index (χ1v) is 11.7. The summed E-state index contributed by atoms with van der Waals surface area (Å²) >= 11 is 6.19. The molecular formula is C23H21ClN2O5S. The highest BCUT2D eigenvalue weighted by molar-refractivity contribution is 7.92. The van der Waals surface area contributed by atoms with Crippen LogP contribution in [0.4, 0.5) is 11.4 Å². The highest BCUT2D eigenvalue weighted by atomic mass is 35.5. The quantitative estimate of drug-likeness (QED) is 0.516. The maximum absolute atomic E-state index is 12.7. The van der Waals surface area contributed by atoms with E-state index in [4.69, 9.17) is 16.3 Å². The van der Waals surface area contributed by atoms with Gasteiger partial charge in [-0.2, -0.15) is 0 Å². The zero-order valence-electron chi connectivity index (χ0n) is 17.4. The smallest absolute Gasteiger partial charge is 0.339 e. The number of anilines is 2. The van der Waals surface area contributed by atoms with Gasteiger partial charge in [-0.15, -0.1) is 0 Å². The Bertz CT molecular complexity index is 1240. The van der Waals surface area contributed by atoms with Gasteiger partial charge in [0.05, 0.1) is 36.8 Å². The van der Waals surface area contributed by atoms with Crippen molar-refractivity contribution in [2.24, 2.45) is 0 Å². The van der Waals surface area contributed by atoms with Crippen LogP contribution < -0.4 is 9.62 Å². The van der Waals surface area contributed by atoms with Crippen LogP contribution in [0.3, 0.4) is 0 Å². The lowest BCUT2D eigenvalue weighted by atomic mass is 10.1. The van der Waals surface area contributed by atoms with E-state index in [0.717, 1.165) is 6.26 Å². The number of para-hydroxylation sites is 1. The summed E-state index contributed by atoms with van der Waals surface area (Å²) < 4.78 is 30.7. The molecule has 32 heavy (non-hydrogen) atoms. The second-order valence-electron chi connectivity index (χ2n) is 6.90. The van der Waals surface area contributed by atoms with E-state index in [2.05, 4.69) is 5.32 Å². The molecule has 0 spiro atoms. The van der Waals surface area contributed by atoms with Gasteiger partial charge in [0.25, 0.3) is 5.91 Å². The van der Waals surface area contributed by atoms with Crippen molar-refractivity contribution in [2.75, 3.05) is 23.0 Å². The minimum absolute atomic E-state index is 0.0521. The van der Waals surface area contributed by atoms with Crippen LogP contribution >= 0.6 is 11.6 Å². The summed E-state index contributed by atoms with van der Waals surface area (Å²) in [5, 5.41) is 3.14. The van der Waals surface area contributed by atoms with Gasteiger partial charge in [-0.25, -0.2) is 13.2 Å². The van der Waals surface area contributed by atoms with Crippen molar-refractivity contribution in [3.63, 3.8) is 0 Å². The molecule has 3 aromatic rings. The lowest BCUT2D eigenvalue weighted by Crippen LogP contribution is -2.29. The van der Waals surface area contributed by atoms with E-state index < -0.39 is 21.9 Å². The molecule has 0 bridgehead atoms. The molecule has 1 amide bonds. The number of methoxy groups -OCH3 is 1. The molecule has 1 N–H and O–H groups in total. The predicted molar refractivity (Wildman–Crippen MR) is 125 cm³/mol. The molecule has 0 aliphatic carbocycles. The molecule has 0 aromatic heterocycles. The lowest BCUT2D eigenvalue weighted by molar-refractivity contribution is 0.0602. The number of halogens is 1. The van der Waals surface area contributed by atoms with Crippen molar-refractivity contribution in [3.8, 4) is 0 Å². The number of esters is 1. The number of carbonyl (C=O) groups excluding carboxylic acids is 2. The second kappa shape index (κ2) is 9.84. The van der Waals surface area contributed by atoms with Crippen molar-refractivity contribution in [3.05, 3.63) is 94.5 Å². The second-order valence-corrected chi connectivity index (χ2v) is 9.21. The van der Waals surface area contributed by atoms with Crippen LogP contribution in [0.15, 0.2) is 72.8 Å². The Labute approximate surface area is 191 Å². The number of hydrogen-bond donors (Lipinski definition) is 1. The zero-order chi connectivity index (χ0) is 23.3. The summed E-state index contributed by atoms with van der Waals surface area (Å²) in [6, 6.07) is 19.6. The molecule has 0 heterocycles. The van der Waals surface area contributed by atoms with Crippen LogP contribution in [0.25, 0.3) is 0 Å². The minimum atomic E-state index is -3.61. The molecule has 0 saturated carbocycles. The van der Waals surface area contributed by atoms with Gasteiger partial charge in [0.15, 0.2) is 0 Å². The fraction of sp³-hybridized carbons (Fsp3) is 0.130. The van der Waals surface area contributed by atoms with Crippen LogP contribution in [0.5, 0.6) is 0 Å². The van der Waals surface area contributed by atoms with Gasteiger partial charge in [-0.05, 0) is 48.0 Å². The maximum atomic E-state index is 12.7. The van der Waals surface area contributed by atoms with Gasteiger partial charge < -0.3 is 10.1 Å². The van der Waals surface area contributed by atoms with Crippen LogP contribution in [-0.2, 0) is 21.3 Å². The van der Waals surface area contributed by atoms with Crippen molar-refractivity contribution in [1.29, 1.82) is 0 Å². The molecule has 0 aliphatic rings. The van der Waals surface area contributed by atoms with E-state index in [1.807, 2.05) is 0 Å². The summed E-state index contributed by atoms with van der Waals surface area (Å²) in [5.74, 6) is -1.02. The first-order valence-electron chi connectivity index (χ1n) is 9.50. The fourth-order valence-corrected chi connectivity index (χ4v) is 4.11. The Morgan fingerprint density at radius 2 is 1.59 bits per heavy atom. The minimum Gasteiger partial charge on any atom is -0.465 e. The highest BCUT2D eigenvalue weighted by Crippen LogP contribution is 2.25. The van der Waals surface area contributed by atoms with E-state index in [-0.39, 0.29) is 12.1 Å². The molecule has 3 rings (SSSR count). The third-order valence-electron chi connectivity index (χ3n) is 4.67. The number of rotatable bonds is 7. The van der Waals surface area contributed by atoms with Gasteiger partial charge >= 0.3 is 5.97 Å². The summed E-state index contributed by atoms with van der Waals surface area (Å²) in [5.41, 5.74) is 1.87. The molecular weight excluding hydrogens is 452 g/mol. The summed E-state index contributed by atoms with van der Waals surface area (Å²) in [4.78, 5) is 24.6. The third kappa shape index (κ3) is 5.46. The summed E-state index contributed by atoms with van der Waals surface area (Å²) in [6.07, 6.45) is 1.11. The van der Waals surface area contributed by atoms with Crippen molar-refractivity contribution >= 4 is 44.9 Å². The highest BCUT2D eigenvalue weighted by Gasteiger charge is 2.20. The largest absolute Gasteiger partial charge is 0.465 e. The van der Waals surface area contributed by atoms with Crippen LogP contribution in [0, 0.1) is 0 Å². The van der Waals surface area contributed by atoms with E-state index in [9.17, 15) is 18.0 Å². The summed E-state index contributed by atoms with van der Waals surface area (Å²) in [6.45, 7) is 0.0521. The number of sulfonamides is 1. The standard InChI is InChI=1S/C23H21ClN2O5S/c1-31-23(28)19-8-4-6-10-21(19)25-22(27)16-11-13-18(14-12-16)26(32(2,29)30)15-17-7-3-5-9-20(17)24/h3-14H,15H2,1-2H3,(H,25,27). The number of nitrogens with zero attached hydrogens (tertiary/aromatic N) is 1. The molecule has 0 radical (unpaired) electrons. The van der Waals surface area contributed by atoms with E-state index in [1.165, 1.54) is 23.5 Å². The number of nitrogens with one attached hydrogen (secondary N) is 1. The molecule has 0 aliphatic heterocycles. The third-order valence-corrected chi connectivity index (χ3v) is 6.18. The Kier molecular flexibility index (Phi) is 7.17. The lowest BCUT2D eigenvalue weighted by Gasteiger charge is -2.23. The van der Waals surface area contributed by atoms with Gasteiger partial charge in [0.1, 0.15) is 0 Å². The first kappa shape index (κ1) is 23.3. The Balaban J connectivity index is 1.84. The number of carbonyl (C=O) groups is 2. The molecule has 3 aromatic carbocycles. The Morgan fingerprint density at radius 3 is 2.22 bits per heavy atom. The van der Waals surface area contributed by atoms with Crippen molar-refractivity contribution in [2.45, 2.75) is 6.54 Å². The first-order chi connectivity index (χ1) is 15.2. The average molecular weight is 473 g/mol. The van der Waals surface area contributed by atoms with Gasteiger partial charge in [0, 0.05) is 10.6 Å².